The fraction of sp³-hybridized carbons (Fsp3) is 0.346. The van der Waals surface area contributed by atoms with Gasteiger partial charge in [0.05, 0.1) is 32.4 Å². The van der Waals surface area contributed by atoms with E-state index in [1.807, 2.05) is 11.8 Å². The summed E-state index contributed by atoms with van der Waals surface area (Å²) in [6.45, 7) is 3.62. The van der Waals surface area contributed by atoms with Crippen molar-refractivity contribution in [1.82, 2.24) is 15.2 Å². The van der Waals surface area contributed by atoms with Crippen LogP contribution in [0.15, 0.2) is 42.6 Å². The van der Waals surface area contributed by atoms with Crippen molar-refractivity contribution >= 4 is 34.4 Å². The maximum absolute atomic E-state index is 15.0. The van der Waals surface area contributed by atoms with Gasteiger partial charge in [-0.25, -0.2) is 4.39 Å². The lowest BCUT2D eigenvalue weighted by Crippen LogP contribution is -2.42. The molecule has 0 spiro atoms. The van der Waals surface area contributed by atoms with E-state index in [1.54, 1.807) is 30.3 Å². The summed E-state index contributed by atoms with van der Waals surface area (Å²) in [5.41, 5.74) is 1.19. The summed E-state index contributed by atoms with van der Waals surface area (Å²) in [5.74, 6) is -1.94. The first kappa shape index (κ1) is 25.8. The number of halogens is 2. The number of esters is 1. The minimum absolute atomic E-state index is 0.0328. The number of amides is 1. The number of aromatic hydroxyl groups is 1. The Balaban J connectivity index is 1.59. The highest BCUT2D eigenvalue weighted by Gasteiger charge is 2.28. The molecule has 1 aromatic heterocycles. The largest absolute Gasteiger partial charge is 0.506 e. The molecule has 1 saturated heterocycles. The zero-order valence-corrected chi connectivity index (χ0v) is 20.6. The highest BCUT2D eigenvalue weighted by Crippen LogP contribution is 2.34. The van der Waals surface area contributed by atoms with Crippen LogP contribution in [0.25, 0.3) is 10.9 Å². The molecular formula is C26H27ClFN3O5. The van der Waals surface area contributed by atoms with Crippen LogP contribution in [-0.4, -0.2) is 59.8 Å². The van der Waals surface area contributed by atoms with Crippen LogP contribution < -0.4 is 5.32 Å². The van der Waals surface area contributed by atoms with Gasteiger partial charge in [0.2, 0.25) is 0 Å². The summed E-state index contributed by atoms with van der Waals surface area (Å²) in [6, 6.07) is 9.44. The van der Waals surface area contributed by atoms with Gasteiger partial charge in [0.15, 0.2) is 0 Å². The third-order valence-electron chi connectivity index (χ3n) is 5.95. The Morgan fingerprint density at radius 3 is 2.83 bits per heavy atom. The van der Waals surface area contributed by atoms with E-state index in [-0.39, 0.29) is 47.9 Å². The molecule has 3 aromatic rings. The van der Waals surface area contributed by atoms with Crippen molar-refractivity contribution in [3.05, 3.63) is 70.1 Å². The van der Waals surface area contributed by atoms with E-state index < -0.39 is 17.8 Å². The number of hydrogen-bond acceptors (Lipinski definition) is 7. The van der Waals surface area contributed by atoms with Gasteiger partial charge in [-0.05, 0) is 41.8 Å². The average molecular weight is 516 g/mol. The molecule has 8 nitrogen and oxygen atoms in total. The Bertz CT molecular complexity index is 1250. The Morgan fingerprint density at radius 2 is 2.08 bits per heavy atom. The molecule has 1 aliphatic rings. The third-order valence-corrected chi connectivity index (χ3v) is 6.21. The minimum Gasteiger partial charge on any atom is -0.506 e. The van der Waals surface area contributed by atoms with Crippen molar-refractivity contribution < 1.29 is 28.6 Å². The number of rotatable bonds is 8. The number of ether oxygens (including phenoxy) is 2. The molecule has 1 atom stereocenters. The van der Waals surface area contributed by atoms with E-state index in [9.17, 15) is 14.7 Å². The lowest BCUT2D eigenvalue weighted by atomic mass is 10.00. The topological polar surface area (TPSA) is 101 Å². The molecule has 0 aliphatic carbocycles. The van der Waals surface area contributed by atoms with Crippen molar-refractivity contribution in [2.75, 3.05) is 32.9 Å². The lowest BCUT2D eigenvalue weighted by molar-refractivity contribution is -0.147. The number of pyridine rings is 1. The molecule has 2 N–H and O–H groups in total. The molecule has 4 rings (SSSR count). The fourth-order valence-corrected chi connectivity index (χ4v) is 4.19. The van der Waals surface area contributed by atoms with Crippen LogP contribution in [0, 0.1) is 5.82 Å². The zero-order chi connectivity index (χ0) is 25.7. The summed E-state index contributed by atoms with van der Waals surface area (Å²) >= 11 is 5.89. The number of fused-ring (bicyclic) bond motifs is 1. The van der Waals surface area contributed by atoms with Crippen LogP contribution in [0.5, 0.6) is 5.75 Å². The molecule has 2 heterocycles. The maximum atomic E-state index is 15.0. The summed E-state index contributed by atoms with van der Waals surface area (Å²) in [4.78, 5) is 30.9. The van der Waals surface area contributed by atoms with Crippen molar-refractivity contribution in [1.29, 1.82) is 0 Å². The number of aromatic nitrogens is 1. The summed E-state index contributed by atoms with van der Waals surface area (Å²) in [7, 11) is 0. The van der Waals surface area contributed by atoms with E-state index in [0.717, 1.165) is 18.2 Å². The van der Waals surface area contributed by atoms with Gasteiger partial charge in [0.1, 0.15) is 22.6 Å². The normalized spacial score (nSPS) is 16.1. The van der Waals surface area contributed by atoms with Crippen LogP contribution in [0.2, 0.25) is 5.02 Å². The number of nitrogens with one attached hydrogen (secondary N) is 1. The van der Waals surface area contributed by atoms with E-state index in [0.29, 0.717) is 30.3 Å². The number of benzene rings is 2. The molecule has 36 heavy (non-hydrogen) atoms. The maximum Gasteiger partial charge on any atom is 0.320 e. The Hall–Kier alpha value is -3.27. The van der Waals surface area contributed by atoms with Gasteiger partial charge in [-0.15, -0.1) is 0 Å². The van der Waals surface area contributed by atoms with Gasteiger partial charge in [0, 0.05) is 29.7 Å². The first-order valence-corrected chi connectivity index (χ1v) is 12.1. The first-order valence-electron chi connectivity index (χ1n) is 11.7. The lowest BCUT2D eigenvalue weighted by Gasteiger charge is -2.35. The predicted octanol–water partition coefficient (Wildman–Crippen LogP) is 3.99. The number of hydrogen-bond donors (Lipinski definition) is 2. The molecule has 0 saturated carbocycles. The second-order valence-electron chi connectivity index (χ2n) is 8.51. The molecule has 10 heteroatoms. The molecule has 190 valence electrons. The van der Waals surface area contributed by atoms with Crippen LogP contribution in [0.1, 0.15) is 40.9 Å². The summed E-state index contributed by atoms with van der Waals surface area (Å²) in [6.07, 6.45) is 1.87. The number of morpholine rings is 1. The second-order valence-corrected chi connectivity index (χ2v) is 8.95. The Morgan fingerprint density at radius 1 is 1.31 bits per heavy atom. The quantitative estimate of drug-likeness (QED) is 0.437. The Kier molecular flexibility index (Phi) is 8.35. The fourth-order valence-electron chi connectivity index (χ4n) is 4.07. The standard InChI is InChI=1S/C26H27ClFN3O5/c1-2-8-36-23(32)14-31-7-9-35-15-22(31)17-10-19-24(21(28)11-17)29-13-20(25(19)33)26(34)30-12-16-3-5-18(27)6-4-16/h3-6,10-11,13,22H,2,7-9,12,14-15H2,1H3,(H,29,33)(H,30,34). The van der Waals surface area contributed by atoms with Gasteiger partial charge in [-0.1, -0.05) is 30.7 Å². The summed E-state index contributed by atoms with van der Waals surface area (Å²) in [5, 5.41) is 14.3. The first-order chi connectivity index (χ1) is 17.4. The minimum atomic E-state index is -0.648. The van der Waals surface area contributed by atoms with Crippen LogP contribution in [0.3, 0.4) is 0 Å². The Labute approximate surface area is 213 Å². The molecule has 1 aliphatic heterocycles. The molecule has 1 fully saturated rings. The number of carbonyl (C=O) groups excluding carboxylic acids is 2. The smallest absolute Gasteiger partial charge is 0.320 e. The van der Waals surface area contributed by atoms with Crippen molar-refractivity contribution in [2.24, 2.45) is 0 Å². The van der Waals surface area contributed by atoms with E-state index in [1.165, 1.54) is 6.07 Å². The van der Waals surface area contributed by atoms with E-state index >= 15 is 4.39 Å². The molecule has 0 radical (unpaired) electrons. The molecular weight excluding hydrogens is 489 g/mol. The highest BCUT2D eigenvalue weighted by molar-refractivity contribution is 6.30. The molecule has 1 amide bonds. The van der Waals surface area contributed by atoms with E-state index in [4.69, 9.17) is 21.1 Å². The van der Waals surface area contributed by atoms with Crippen molar-refractivity contribution in [2.45, 2.75) is 25.9 Å². The van der Waals surface area contributed by atoms with Crippen molar-refractivity contribution in [3.63, 3.8) is 0 Å². The predicted molar refractivity (Wildman–Crippen MR) is 132 cm³/mol. The molecule has 0 bridgehead atoms. The van der Waals surface area contributed by atoms with Gasteiger partial charge in [0.25, 0.3) is 5.91 Å². The van der Waals surface area contributed by atoms with Crippen molar-refractivity contribution in [3.8, 4) is 5.75 Å². The van der Waals surface area contributed by atoms with Gasteiger partial charge < -0.3 is 19.9 Å². The summed E-state index contributed by atoms with van der Waals surface area (Å²) < 4.78 is 25.8. The van der Waals surface area contributed by atoms with Gasteiger partial charge in [-0.2, -0.15) is 0 Å². The molecule has 1 unspecified atom stereocenters. The SMILES string of the molecule is CCCOC(=O)CN1CCOCC1c1cc(F)c2ncc(C(=O)NCc3ccc(Cl)cc3)c(O)c2c1. The van der Waals surface area contributed by atoms with Crippen LogP contribution in [0.4, 0.5) is 4.39 Å². The monoisotopic (exact) mass is 515 g/mol. The third kappa shape index (κ3) is 5.92. The highest BCUT2D eigenvalue weighted by atomic mass is 35.5. The van der Waals surface area contributed by atoms with Gasteiger partial charge in [-0.3, -0.25) is 19.5 Å². The van der Waals surface area contributed by atoms with Crippen LogP contribution >= 0.6 is 11.6 Å². The zero-order valence-electron chi connectivity index (χ0n) is 19.8. The molecule has 2 aromatic carbocycles. The van der Waals surface area contributed by atoms with E-state index in [2.05, 4.69) is 10.3 Å². The number of nitrogens with zero attached hydrogens (tertiary/aromatic N) is 2. The second kappa shape index (κ2) is 11.6. The van der Waals surface area contributed by atoms with Crippen LogP contribution in [-0.2, 0) is 20.8 Å². The average Bonchev–Trinajstić information content (AvgIpc) is 2.88. The van der Waals surface area contributed by atoms with Gasteiger partial charge >= 0.3 is 5.97 Å². The number of carbonyl (C=O) groups is 2.